The van der Waals surface area contributed by atoms with Gasteiger partial charge in [0.05, 0.1) is 28.1 Å². The highest BCUT2D eigenvalue weighted by Gasteiger charge is 2.76. The van der Waals surface area contributed by atoms with E-state index in [1.807, 2.05) is 0 Å². The highest BCUT2D eigenvalue weighted by Crippen LogP contribution is 2.69. The second-order valence-corrected chi connectivity index (χ2v) is 14.1. The first-order valence-electron chi connectivity index (χ1n) is 17.2. The molecule has 0 saturated carbocycles. The van der Waals surface area contributed by atoms with Gasteiger partial charge in [0, 0.05) is 49.6 Å². The molecule has 4 aliphatic rings. The van der Waals surface area contributed by atoms with Crippen molar-refractivity contribution in [3.63, 3.8) is 0 Å². The summed E-state index contributed by atoms with van der Waals surface area (Å²) in [5.74, 6) is 0. The summed E-state index contributed by atoms with van der Waals surface area (Å²) in [5, 5.41) is 11.6. The lowest BCUT2D eigenvalue weighted by Gasteiger charge is -2.22. The monoisotopic (exact) mass is 628 g/mol. The van der Waals surface area contributed by atoms with E-state index >= 15 is 0 Å². The van der Waals surface area contributed by atoms with Gasteiger partial charge in [0.1, 0.15) is 23.0 Å². The highest BCUT2D eigenvalue weighted by atomic mass is 16.3. The van der Waals surface area contributed by atoms with Crippen molar-refractivity contribution in [2.45, 2.75) is 23.9 Å². The standard InChI is InChI=1S/C44H28N4O/c1-2-10-27(11-3-1)46-34-15-7-4-12-28(34)30-22-25(18-20-35(30)46)26-19-21-36-31(23-26)41-40-29-13-5-9-17-38(29)49-39(40)24-32-42(41)47(36)43-44(32)45-33-14-6-8-16-37(33)48(43)44/h1-24,33,37,43,45H/t33?,37?,43?,44?,48-/m0/s1. The molecular formula is C44H28N4O. The average molecular weight is 629 g/mol. The van der Waals surface area contributed by atoms with Crippen molar-refractivity contribution < 1.29 is 4.42 Å². The van der Waals surface area contributed by atoms with Gasteiger partial charge in [-0.25, -0.2) is 4.90 Å². The fraction of sp³-hybridized carbons (Fsp3) is 0.0909. The number of aromatic nitrogens is 2. The van der Waals surface area contributed by atoms with Crippen molar-refractivity contribution in [2.24, 2.45) is 0 Å². The molecule has 9 aromatic rings. The first-order chi connectivity index (χ1) is 24.3. The fourth-order valence-electron chi connectivity index (χ4n) is 9.95. The summed E-state index contributed by atoms with van der Waals surface area (Å²) in [4.78, 5) is 2.66. The van der Waals surface area contributed by atoms with Gasteiger partial charge in [-0.3, -0.25) is 5.32 Å². The lowest BCUT2D eigenvalue weighted by atomic mass is 9.96. The largest absolute Gasteiger partial charge is 0.456 e. The van der Waals surface area contributed by atoms with Crippen LogP contribution in [0.3, 0.4) is 0 Å². The maximum atomic E-state index is 6.63. The summed E-state index contributed by atoms with van der Waals surface area (Å²) in [5.41, 5.74) is 11.7. The van der Waals surface area contributed by atoms with Crippen LogP contribution in [0.5, 0.6) is 0 Å². The van der Waals surface area contributed by atoms with E-state index in [2.05, 4.69) is 165 Å². The Balaban J connectivity index is 1.08. The summed E-state index contributed by atoms with van der Waals surface area (Å²) in [6.45, 7) is 0. The number of allylic oxidation sites excluding steroid dienone is 2. The van der Waals surface area contributed by atoms with E-state index < -0.39 is 0 Å². The predicted octanol–water partition coefficient (Wildman–Crippen LogP) is 9.90. The van der Waals surface area contributed by atoms with E-state index in [0.29, 0.717) is 12.1 Å². The molecule has 2 fully saturated rings. The zero-order chi connectivity index (χ0) is 31.6. The zero-order valence-corrected chi connectivity index (χ0v) is 26.3. The van der Waals surface area contributed by atoms with Crippen LogP contribution in [0.15, 0.2) is 150 Å². The van der Waals surface area contributed by atoms with Crippen LogP contribution in [-0.4, -0.2) is 26.1 Å². The van der Waals surface area contributed by atoms with Crippen LogP contribution in [0.4, 0.5) is 0 Å². The molecule has 5 atom stereocenters. The second kappa shape index (κ2) is 8.39. The van der Waals surface area contributed by atoms with Gasteiger partial charge in [-0.15, -0.1) is 0 Å². The maximum absolute atomic E-state index is 6.63. The molecule has 0 radical (unpaired) electrons. The number of para-hydroxylation sites is 3. The molecule has 0 bridgehead atoms. The van der Waals surface area contributed by atoms with E-state index in [-0.39, 0.29) is 11.8 Å². The van der Waals surface area contributed by atoms with Crippen molar-refractivity contribution in [1.29, 1.82) is 0 Å². The second-order valence-electron chi connectivity index (χ2n) is 14.1. The molecule has 230 valence electrons. The lowest BCUT2D eigenvalue weighted by molar-refractivity contribution is 0.390. The Morgan fingerprint density at radius 2 is 1.33 bits per heavy atom. The number of furan rings is 1. The molecule has 5 heteroatoms. The smallest absolute Gasteiger partial charge is 0.138 e. The molecule has 3 aromatic heterocycles. The molecular weight excluding hydrogens is 601 g/mol. The Kier molecular flexibility index (Phi) is 4.31. The van der Waals surface area contributed by atoms with Gasteiger partial charge < -0.3 is 13.6 Å². The third-order valence-corrected chi connectivity index (χ3v) is 11.9. The number of rotatable bonds is 2. The predicted molar refractivity (Wildman–Crippen MR) is 198 cm³/mol. The van der Waals surface area contributed by atoms with Gasteiger partial charge in [0.2, 0.25) is 0 Å². The topological polar surface area (TPSA) is 38.0 Å². The van der Waals surface area contributed by atoms with Gasteiger partial charge in [-0.05, 0) is 65.7 Å². The van der Waals surface area contributed by atoms with Crippen LogP contribution < -0.4 is 5.32 Å². The first kappa shape index (κ1) is 25.2. The Hall–Kier alpha value is -5.88. The van der Waals surface area contributed by atoms with E-state index in [1.54, 1.807) is 0 Å². The quantitative estimate of drug-likeness (QED) is 0.194. The minimum absolute atomic E-state index is 0.208. The number of nitrogens with zero attached hydrogens (tertiary/aromatic N) is 3. The van der Waals surface area contributed by atoms with Gasteiger partial charge in [-0.2, -0.15) is 0 Å². The van der Waals surface area contributed by atoms with Crippen LogP contribution >= 0.6 is 0 Å². The van der Waals surface area contributed by atoms with Crippen molar-refractivity contribution in [3.05, 3.63) is 151 Å². The molecule has 3 aliphatic heterocycles. The summed E-state index contributed by atoms with van der Waals surface area (Å²) in [7, 11) is 0. The number of piperazine rings is 1. The fourth-order valence-corrected chi connectivity index (χ4v) is 9.95. The summed E-state index contributed by atoms with van der Waals surface area (Å²) in [6.07, 6.45) is 9.28. The van der Waals surface area contributed by atoms with Gasteiger partial charge >= 0.3 is 0 Å². The molecule has 1 aliphatic carbocycles. The van der Waals surface area contributed by atoms with Crippen LogP contribution in [0.1, 0.15) is 11.7 Å². The van der Waals surface area contributed by atoms with E-state index in [0.717, 1.165) is 11.2 Å². The third kappa shape index (κ3) is 2.85. The van der Waals surface area contributed by atoms with Gasteiger partial charge in [0.25, 0.3) is 0 Å². The summed E-state index contributed by atoms with van der Waals surface area (Å²) >= 11 is 0. The number of hydrogen-bond acceptors (Lipinski definition) is 3. The minimum atomic E-state index is -0.208. The Morgan fingerprint density at radius 1 is 0.592 bits per heavy atom. The van der Waals surface area contributed by atoms with Gasteiger partial charge in [0.15, 0.2) is 0 Å². The summed E-state index contributed by atoms with van der Waals surface area (Å²) < 4.78 is 11.6. The van der Waals surface area contributed by atoms with E-state index in [1.165, 1.54) is 76.8 Å². The highest BCUT2D eigenvalue weighted by molar-refractivity contribution is 6.29. The normalized spacial score (nSPS) is 24.6. The van der Waals surface area contributed by atoms with E-state index in [4.69, 9.17) is 4.42 Å². The summed E-state index contributed by atoms with van der Waals surface area (Å²) in [6, 6.07) is 45.0. The van der Waals surface area contributed by atoms with Crippen molar-refractivity contribution in [1.82, 2.24) is 19.4 Å². The molecule has 4 unspecified atom stereocenters. The SMILES string of the molecule is C1=CC2NC34c5cc6oc7ccccc7c6c6c7cc(-c8ccc9c(c8)c8ccccc8n9-c8ccccc8)ccc7n(c56)C3[N@]4C2C=C1. The van der Waals surface area contributed by atoms with Crippen molar-refractivity contribution >= 4 is 65.6 Å². The zero-order valence-electron chi connectivity index (χ0n) is 26.3. The number of fused-ring (bicyclic) bond motifs is 14. The number of hydrogen-bond donors (Lipinski definition) is 1. The first-order valence-corrected chi connectivity index (χ1v) is 17.2. The van der Waals surface area contributed by atoms with Crippen LogP contribution in [0.25, 0.3) is 82.4 Å². The average Bonchev–Trinajstić information content (AvgIpc) is 3.65. The lowest BCUT2D eigenvalue weighted by Crippen LogP contribution is -2.38. The third-order valence-electron chi connectivity index (χ3n) is 11.9. The molecule has 6 aromatic carbocycles. The number of benzene rings is 6. The van der Waals surface area contributed by atoms with Crippen molar-refractivity contribution in [3.8, 4) is 16.8 Å². The molecule has 0 amide bonds. The Labute approximate surface area is 280 Å². The molecule has 6 heterocycles. The molecule has 1 N–H and O–H groups in total. The Morgan fingerprint density at radius 3 is 2.22 bits per heavy atom. The maximum Gasteiger partial charge on any atom is 0.138 e. The van der Waals surface area contributed by atoms with Gasteiger partial charge in [-0.1, -0.05) is 91.0 Å². The molecule has 5 nitrogen and oxygen atoms in total. The minimum Gasteiger partial charge on any atom is -0.456 e. The molecule has 49 heavy (non-hydrogen) atoms. The van der Waals surface area contributed by atoms with Crippen LogP contribution in [0.2, 0.25) is 0 Å². The Bertz CT molecular complexity index is 3010. The molecule has 13 rings (SSSR count). The number of nitrogens with one attached hydrogen (secondary N) is 1. The van der Waals surface area contributed by atoms with Crippen LogP contribution in [0, 0.1) is 0 Å². The van der Waals surface area contributed by atoms with Crippen LogP contribution in [-0.2, 0) is 5.66 Å². The van der Waals surface area contributed by atoms with E-state index in [9.17, 15) is 0 Å². The van der Waals surface area contributed by atoms with Crippen molar-refractivity contribution in [2.75, 3.05) is 0 Å². The molecule has 1 spiro atoms. The molecule has 2 saturated heterocycles.